The minimum Gasteiger partial charge on any atom is -0.497 e. The number of benzene rings is 1. The Morgan fingerprint density at radius 3 is 2.71 bits per heavy atom. The van der Waals surface area contributed by atoms with Crippen LogP contribution in [0.4, 0.5) is 0 Å². The first-order valence-electron chi connectivity index (χ1n) is 11.5. The van der Waals surface area contributed by atoms with E-state index in [9.17, 15) is 14.7 Å². The Balaban J connectivity index is 1.77. The lowest BCUT2D eigenvalue weighted by Gasteiger charge is -2.31. The fraction of sp³-hybridized carbons (Fsp3) is 0.385. The fourth-order valence-electron chi connectivity index (χ4n) is 4.60. The molecule has 3 aromatic rings. The zero-order valence-corrected chi connectivity index (χ0v) is 20.3. The summed E-state index contributed by atoms with van der Waals surface area (Å²) in [6.07, 6.45) is 1.72. The third kappa shape index (κ3) is 3.58. The number of aromatic nitrogens is 2. The number of nitrogens with zero attached hydrogens (tertiary/aromatic N) is 3. The van der Waals surface area contributed by atoms with Crippen molar-refractivity contribution in [3.8, 4) is 17.1 Å². The molecule has 0 radical (unpaired) electrons. The Bertz CT molecular complexity index is 1470. The number of cyclic esters (lactones) is 1. The SMILES string of the molecule is CC[C@@]1(O)C(=O)OCc2c1cc1n(c2=O)Cc2c-1nc1ccc(OC)cc1c2/C=N/OC(C)(C)C. The first-order valence-corrected chi connectivity index (χ1v) is 11.5. The normalized spacial score (nSPS) is 18.9. The number of methoxy groups -OCH3 is 1. The van der Waals surface area contributed by atoms with Crippen molar-refractivity contribution in [3.05, 3.63) is 56.9 Å². The molecule has 2 aliphatic rings. The van der Waals surface area contributed by atoms with Gasteiger partial charge in [0.05, 0.1) is 42.3 Å². The van der Waals surface area contributed by atoms with Crippen molar-refractivity contribution in [2.24, 2.45) is 5.16 Å². The summed E-state index contributed by atoms with van der Waals surface area (Å²) in [4.78, 5) is 36.4. The van der Waals surface area contributed by atoms with Crippen molar-refractivity contribution in [2.75, 3.05) is 7.11 Å². The number of oxime groups is 1. The van der Waals surface area contributed by atoms with Gasteiger partial charge < -0.3 is 24.0 Å². The highest BCUT2D eigenvalue weighted by atomic mass is 16.6. The summed E-state index contributed by atoms with van der Waals surface area (Å²) in [6, 6.07) is 7.23. The number of ether oxygens (including phenoxy) is 2. The van der Waals surface area contributed by atoms with Crippen LogP contribution in [0, 0.1) is 0 Å². The molecule has 0 fully saturated rings. The molecule has 182 valence electrons. The van der Waals surface area contributed by atoms with E-state index in [0.29, 0.717) is 22.7 Å². The number of fused-ring (bicyclic) bond motifs is 5. The van der Waals surface area contributed by atoms with E-state index in [1.807, 2.05) is 39.0 Å². The number of carbonyl (C=O) groups is 1. The fourth-order valence-corrected chi connectivity index (χ4v) is 4.60. The van der Waals surface area contributed by atoms with E-state index in [1.165, 1.54) is 0 Å². The van der Waals surface area contributed by atoms with Gasteiger partial charge >= 0.3 is 5.97 Å². The first-order chi connectivity index (χ1) is 16.6. The van der Waals surface area contributed by atoms with E-state index in [-0.39, 0.29) is 36.3 Å². The smallest absolute Gasteiger partial charge is 0.343 e. The third-order valence-corrected chi connectivity index (χ3v) is 6.45. The van der Waals surface area contributed by atoms with Crippen LogP contribution in [0.3, 0.4) is 0 Å². The van der Waals surface area contributed by atoms with E-state index in [1.54, 1.807) is 30.9 Å². The maximum absolute atomic E-state index is 13.5. The Hall–Kier alpha value is -3.72. The van der Waals surface area contributed by atoms with Gasteiger partial charge in [-0.1, -0.05) is 12.1 Å². The first kappa shape index (κ1) is 23.0. The molecule has 0 bridgehead atoms. The van der Waals surface area contributed by atoms with Gasteiger partial charge in [0.2, 0.25) is 0 Å². The highest BCUT2D eigenvalue weighted by molar-refractivity contribution is 6.02. The van der Waals surface area contributed by atoms with Crippen LogP contribution in [0.2, 0.25) is 0 Å². The summed E-state index contributed by atoms with van der Waals surface area (Å²) in [6.45, 7) is 7.47. The van der Waals surface area contributed by atoms with E-state index < -0.39 is 17.2 Å². The van der Waals surface area contributed by atoms with Crippen LogP contribution in [0.5, 0.6) is 5.75 Å². The zero-order chi connectivity index (χ0) is 25.1. The summed E-state index contributed by atoms with van der Waals surface area (Å²) in [7, 11) is 1.59. The summed E-state index contributed by atoms with van der Waals surface area (Å²) in [5.41, 5.74) is 1.26. The molecule has 0 spiro atoms. The molecule has 9 nitrogen and oxygen atoms in total. The van der Waals surface area contributed by atoms with Crippen LogP contribution in [-0.4, -0.2) is 39.6 Å². The minimum atomic E-state index is -1.87. The molecule has 1 aromatic carbocycles. The van der Waals surface area contributed by atoms with Gasteiger partial charge in [-0.2, -0.15) is 0 Å². The average molecular weight is 478 g/mol. The van der Waals surface area contributed by atoms with E-state index in [0.717, 1.165) is 16.5 Å². The summed E-state index contributed by atoms with van der Waals surface area (Å²) in [5.74, 6) is -0.0850. The van der Waals surface area contributed by atoms with Crippen molar-refractivity contribution in [3.63, 3.8) is 0 Å². The second kappa shape index (κ2) is 7.91. The summed E-state index contributed by atoms with van der Waals surface area (Å²) < 4.78 is 12.2. The molecule has 0 saturated heterocycles. The molecule has 0 amide bonds. The van der Waals surface area contributed by atoms with E-state index in [4.69, 9.17) is 19.3 Å². The number of carbonyl (C=O) groups excluding carboxylic acids is 1. The van der Waals surface area contributed by atoms with Gasteiger partial charge in [0.15, 0.2) is 5.60 Å². The highest BCUT2D eigenvalue weighted by Crippen LogP contribution is 2.40. The van der Waals surface area contributed by atoms with Gasteiger partial charge in [0.1, 0.15) is 18.0 Å². The molecule has 9 heteroatoms. The number of pyridine rings is 2. The van der Waals surface area contributed by atoms with Crippen LogP contribution in [0.25, 0.3) is 22.3 Å². The molecular formula is C26H27N3O6. The second-order valence-electron chi connectivity index (χ2n) is 9.78. The molecule has 0 saturated carbocycles. The minimum absolute atomic E-state index is 0.0849. The van der Waals surface area contributed by atoms with Crippen molar-refractivity contribution >= 4 is 23.1 Å². The molecule has 5 rings (SSSR count). The standard InChI is InChI=1S/C26H27N3O6/c1-6-26(32)19-10-21-22-17(12-29(21)23(30)18(19)13-34-24(26)31)16(11-27-35-25(2,3)4)15-9-14(33-5)7-8-20(15)28-22/h7-11,32H,6,12-13H2,1-5H3/b27-11+/t26-/m0/s1. The maximum Gasteiger partial charge on any atom is 0.343 e. The molecule has 2 aliphatic heterocycles. The lowest BCUT2D eigenvalue weighted by Crippen LogP contribution is -2.44. The van der Waals surface area contributed by atoms with Crippen LogP contribution < -0.4 is 10.3 Å². The third-order valence-electron chi connectivity index (χ3n) is 6.45. The number of hydrogen-bond donors (Lipinski definition) is 1. The Kier molecular flexibility index (Phi) is 5.21. The highest BCUT2D eigenvalue weighted by Gasteiger charge is 2.45. The summed E-state index contributed by atoms with van der Waals surface area (Å²) >= 11 is 0. The van der Waals surface area contributed by atoms with Crippen molar-refractivity contribution < 1.29 is 24.2 Å². The average Bonchev–Trinajstić information content (AvgIpc) is 3.19. The van der Waals surface area contributed by atoms with Gasteiger partial charge in [0.25, 0.3) is 5.56 Å². The van der Waals surface area contributed by atoms with Crippen LogP contribution in [0.1, 0.15) is 56.4 Å². The molecule has 2 aromatic heterocycles. The number of esters is 1. The van der Waals surface area contributed by atoms with E-state index in [2.05, 4.69) is 5.16 Å². The predicted molar refractivity (Wildman–Crippen MR) is 130 cm³/mol. The quantitative estimate of drug-likeness (QED) is 0.273. The number of hydrogen-bond acceptors (Lipinski definition) is 8. The molecule has 0 unspecified atom stereocenters. The van der Waals surface area contributed by atoms with E-state index >= 15 is 0 Å². The maximum atomic E-state index is 13.5. The number of rotatable bonds is 4. The van der Waals surface area contributed by atoms with Crippen LogP contribution in [0.15, 0.2) is 34.2 Å². The van der Waals surface area contributed by atoms with Crippen molar-refractivity contribution in [2.45, 2.75) is 58.5 Å². The summed E-state index contributed by atoms with van der Waals surface area (Å²) in [5, 5.41) is 16.1. The van der Waals surface area contributed by atoms with Crippen molar-refractivity contribution in [1.29, 1.82) is 0 Å². The molecule has 35 heavy (non-hydrogen) atoms. The monoisotopic (exact) mass is 477 g/mol. The van der Waals surface area contributed by atoms with Crippen LogP contribution >= 0.6 is 0 Å². The van der Waals surface area contributed by atoms with Crippen molar-refractivity contribution in [1.82, 2.24) is 9.55 Å². The molecule has 1 N–H and O–H groups in total. The largest absolute Gasteiger partial charge is 0.497 e. The lowest BCUT2D eigenvalue weighted by molar-refractivity contribution is -0.172. The lowest BCUT2D eigenvalue weighted by atomic mass is 9.86. The Morgan fingerprint density at radius 1 is 1.26 bits per heavy atom. The van der Waals surface area contributed by atoms with Gasteiger partial charge in [-0.25, -0.2) is 9.78 Å². The molecule has 0 aliphatic carbocycles. The predicted octanol–water partition coefficient (Wildman–Crippen LogP) is 3.24. The topological polar surface area (TPSA) is 112 Å². The Morgan fingerprint density at radius 2 is 2.03 bits per heavy atom. The van der Waals surface area contributed by atoms with Gasteiger partial charge in [-0.05, 0) is 51.5 Å². The molecular weight excluding hydrogens is 450 g/mol. The number of aliphatic hydroxyl groups is 1. The Labute approximate surface area is 201 Å². The molecule has 1 atom stereocenters. The van der Waals surface area contributed by atoms with Gasteiger partial charge in [-0.3, -0.25) is 4.79 Å². The van der Waals surface area contributed by atoms with Gasteiger partial charge in [0, 0.05) is 22.1 Å². The zero-order valence-electron chi connectivity index (χ0n) is 20.3. The molecule has 4 heterocycles. The van der Waals surface area contributed by atoms with Crippen LogP contribution in [-0.2, 0) is 33.1 Å². The second-order valence-corrected chi connectivity index (χ2v) is 9.78. The van der Waals surface area contributed by atoms with Gasteiger partial charge in [-0.15, -0.1) is 0 Å².